The highest BCUT2D eigenvalue weighted by Gasteiger charge is 2.32. The van der Waals surface area contributed by atoms with E-state index in [0.717, 1.165) is 11.6 Å². The van der Waals surface area contributed by atoms with Crippen LogP contribution in [0, 0.1) is 24.7 Å². The molecule has 1 aromatic carbocycles. The van der Waals surface area contributed by atoms with Gasteiger partial charge in [0.2, 0.25) is 23.5 Å². The molecule has 2 aromatic heterocycles. The van der Waals surface area contributed by atoms with E-state index in [1.54, 1.807) is 31.1 Å². The minimum absolute atomic E-state index is 0.0376. The smallest absolute Gasteiger partial charge is 0.293 e. The molecule has 1 aliphatic carbocycles. The Morgan fingerprint density at radius 1 is 0.971 bits per heavy atom. The van der Waals surface area contributed by atoms with E-state index in [2.05, 4.69) is 15.6 Å². The van der Waals surface area contributed by atoms with Crippen molar-refractivity contribution in [2.45, 2.75) is 32.6 Å². The van der Waals surface area contributed by atoms with Crippen molar-refractivity contribution in [3.63, 3.8) is 0 Å². The van der Waals surface area contributed by atoms with Gasteiger partial charge in [0, 0.05) is 31.6 Å². The first-order valence-corrected chi connectivity index (χ1v) is 11.2. The number of hydrogen-bond donors (Lipinski definition) is 2. The van der Waals surface area contributed by atoms with Gasteiger partial charge in [-0.3, -0.25) is 14.4 Å². The Labute approximate surface area is 196 Å². The Balaban J connectivity index is 1.55. The quantitative estimate of drug-likeness (QED) is 0.544. The number of rotatable bonds is 5. The molecule has 1 aliphatic rings. The van der Waals surface area contributed by atoms with Gasteiger partial charge in [-0.2, -0.15) is 4.39 Å². The molecule has 0 unspecified atom stereocenters. The zero-order valence-electron chi connectivity index (χ0n) is 19.4. The lowest BCUT2D eigenvalue weighted by molar-refractivity contribution is -0.135. The van der Waals surface area contributed by atoms with Crippen LogP contribution in [0.4, 0.5) is 15.8 Å². The molecule has 3 aromatic rings. The fourth-order valence-corrected chi connectivity index (χ4v) is 4.25. The maximum absolute atomic E-state index is 13.9. The molecule has 0 atom stereocenters. The molecule has 178 valence electrons. The zero-order chi connectivity index (χ0) is 24.4. The second-order valence-corrected chi connectivity index (χ2v) is 8.88. The summed E-state index contributed by atoms with van der Waals surface area (Å²) >= 11 is 0. The average Bonchev–Trinajstić information content (AvgIpc) is 3.17. The number of amides is 3. The standard InChI is InChI=1S/C25H27FN4O4/c1-14-4-10-17(11-5-14)27-24(32)22-21(20-18(34-22)12-13-19(26)28-20)29-23(31)15-6-8-16(9-7-15)25(33)30(2)3/h4-5,10-13,15-16H,6-9H2,1-3H3,(H,27,32)(H,29,31). The Morgan fingerprint density at radius 2 is 1.62 bits per heavy atom. The molecule has 0 radical (unpaired) electrons. The maximum Gasteiger partial charge on any atom is 0.293 e. The van der Waals surface area contributed by atoms with Gasteiger partial charge in [0.05, 0.1) is 0 Å². The molecule has 0 spiro atoms. The number of hydrogen-bond acceptors (Lipinski definition) is 5. The molecular formula is C25H27FN4O4. The van der Waals surface area contributed by atoms with Gasteiger partial charge in [-0.1, -0.05) is 17.7 Å². The number of aryl methyl sites for hydroxylation is 1. The van der Waals surface area contributed by atoms with Crippen molar-refractivity contribution in [1.29, 1.82) is 0 Å². The van der Waals surface area contributed by atoms with Crippen molar-refractivity contribution in [3.05, 3.63) is 53.7 Å². The Hall–Kier alpha value is -3.75. The number of nitrogens with zero attached hydrogens (tertiary/aromatic N) is 2. The first-order valence-electron chi connectivity index (χ1n) is 11.2. The number of aromatic nitrogens is 1. The molecule has 0 saturated heterocycles. The zero-order valence-corrected chi connectivity index (χ0v) is 19.4. The van der Waals surface area contributed by atoms with Gasteiger partial charge in [-0.05, 0) is 56.9 Å². The van der Waals surface area contributed by atoms with Crippen LogP contribution >= 0.6 is 0 Å². The van der Waals surface area contributed by atoms with Crippen LogP contribution in [-0.4, -0.2) is 41.7 Å². The first-order chi connectivity index (χ1) is 16.2. The van der Waals surface area contributed by atoms with Crippen molar-refractivity contribution >= 4 is 40.2 Å². The van der Waals surface area contributed by atoms with Crippen molar-refractivity contribution in [3.8, 4) is 0 Å². The summed E-state index contributed by atoms with van der Waals surface area (Å²) in [7, 11) is 3.45. The van der Waals surface area contributed by atoms with Crippen LogP contribution in [0.25, 0.3) is 11.1 Å². The van der Waals surface area contributed by atoms with E-state index in [-0.39, 0.29) is 46.2 Å². The summed E-state index contributed by atoms with van der Waals surface area (Å²) in [5.74, 6) is -2.17. The molecule has 0 aliphatic heterocycles. The van der Waals surface area contributed by atoms with Crippen LogP contribution in [0.15, 0.2) is 40.8 Å². The highest BCUT2D eigenvalue weighted by Crippen LogP contribution is 2.34. The number of nitrogens with one attached hydrogen (secondary N) is 2. The molecule has 9 heteroatoms. The summed E-state index contributed by atoms with van der Waals surface area (Å²) in [4.78, 5) is 43.7. The Bertz CT molecular complexity index is 1230. The van der Waals surface area contributed by atoms with Gasteiger partial charge in [-0.15, -0.1) is 0 Å². The Morgan fingerprint density at radius 3 is 2.26 bits per heavy atom. The number of pyridine rings is 1. The summed E-state index contributed by atoms with van der Waals surface area (Å²) in [6.45, 7) is 1.93. The monoisotopic (exact) mass is 466 g/mol. The van der Waals surface area contributed by atoms with Crippen LogP contribution in [-0.2, 0) is 9.59 Å². The molecule has 34 heavy (non-hydrogen) atoms. The summed E-state index contributed by atoms with van der Waals surface area (Å²) < 4.78 is 19.6. The van der Waals surface area contributed by atoms with Gasteiger partial charge in [0.25, 0.3) is 5.91 Å². The van der Waals surface area contributed by atoms with Crippen LogP contribution < -0.4 is 10.6 Å². The number of carbonyl (C=O) groups excluding carboxylic acids is 3. The van der Waals surface area contributed by atoms with Crippen LogP contribution in [0.1, 0.15) is 41.8 Å². The van der Waals surface area contributed by atoms with E-state index in [9.17, 15) is 18.8 Å². The first kappa shape index (κ1) is 23.4. The van der Waals surface area contributed by atoms with Crippen LogP contribution in [0.3, 0.4) is 0 Å². The van der Waals surface area contributed by atoms with Gasteiger partial charge in [0.1, 0.15) is 11.2 Å². The van der Waals surface area contributed by atoms with E-state index in [4.69, 9.17) is 4.42 Å². The normalized spacial score (nSPS) is 17.9. The van der Waals surface area contributed by atoms with E-state index in [0.29, 0.717) is 31.4 Å². The lowest BCUT2D eigenvalue weighted by Gasteiger charge is -2.28. The van der Waals surface area contributed by atoms with Crippen LogP contribution in [0.5, 0.6) is 0 Å². The second kappa shape index (κ2) is 9.62. The highest BCUT2D eigenvalue weighted by molar-refractivity contribution is 6.13. The molecule has 0 bridgehead atoms. The van der Waals surface area contributed by atoms with Crippen molar-refractivity contribution < 1.29 is 23.2 Å². The van der Waals surface area contributed by atoms with E-state index in [1.165, 1.54) is 6.07 Å². The maximum atomic E-state index is 13.9. The van der Waals surface area contributed by atoms with Crippen molar-refractivity contribution in [2.75, 3.05) is 24.7 Å². The highest BCUT2D eigenvalue weighted by atomic mass is 19.1. The SMILES string of the molecule is Cc1ccc(NC(=O)c2oc3ccc(F)nc3c2NC(=O)C2CCC(C(=O)N(C)C)CC2)cc1. The minimum Gasteiger partial charge on any atom is -0.447 e. The molecule has 1 saturated carbocycles. The average molecular weight is 467 g/mol. The number of fused-ring (bicyclic) bond motifs is 1. The molecule has 8 nitrogen and oxygen atoms in total. The van der Waals surface area contributed by atoms with Gasteiger partial charge >= 0.3 is 0 Å². The third-order valence-corrected chi connectivity index (χ3v) is 6.15. The predicted octanol–water partition coefficient (Wildman–Crippen LogP) is 4.36. The summed E-state index contributed by atoms with van der Waals surface area (Å²) in [6, 6.07) is 9.70. The number of benzene rings is 1. The van der Waals surface area contributed by atoms with E-state index in [1.807, 2.05) is 19.1 Å². The lowest BCUT2D eigenvalue weighted by atomic mass is 9.81. The number of carbonyl (C=O) groups is 3. The van der Waals surface area contributed by atoms with Crippen LogP contribution in [0.2, 0.25) is 0 Å². The molecular weight excluding hydrogens is 439 g/mol. The molecule has 1 fully saturated rings. The van der Waals surface area contributed by atoms with Crippen molar-refractivity contribution in [2.24, 2.45) is 11.8 Å². The molecule has 4 rings (SSSR count). The molecule has 2 N–H and O–H groups in total. The third-order valence-electron chi connectivity index (χ3n) is 6.15. The summed E-state index contributed by atoms with van der Waals surface area (Å²) in [5, 5.41) is 5.49. The predicted molar refractivity (Wildman–Crippen MR) is 126 cm³/mol. The molecule has 3 amide bonds. The fourth-order valence-electron chi connectivity index (χ4n) is 4.25. The van der Waals surface area contributed by atoms with E-state index < -0.39 is 11.9 Å². The number of halogens is 1. The van der Waals surface area contributed by atoms with Gasteiger partial charge in [0.15, 0.2) is 5.58 Å². The molecule has 2 heterocycles. The van der Waals surface area contributed by atoms with Gasteiger partial charge in [-0.25, -0.2) is 4.98 Å². The number of anilines is 2. The largest absolute Gasteiger partial charge is 0.447 e. The van der Waals surface area contributed by atoms with E-state index >= 15 is 0 Å². The summed E-state index contributed by atoms with van der Waals surface area (Å²) in [5.41, 5.74) is 1.88. The third kappa shape index (κ3) is 4.93. The van der Waals surface area contributed by atoms with Gasteiger partial charge < -0.3 is 20.0 Å². The fraction of sp³-hybridized carbons (Fsp3) is 0.360. The Kier molecular flexibility index (Phi) is 6.63. The topological polar surface area (TPSA) is 105 Å². The number of furan rings is 1. The lowest BCUT2D eigenvalue weighted by Crippen LogP contribution is -2.35. The second-order valence-electron chi connectivity index (χ2n) is 8.88. The summed E-state index contributed by atoms with van der Waals surface area (Å²) in [6.07, 6.45) is 2.29. The van der Waals surface area contributed by atoms with Crippen molar-refractivity contribution in [1.82, 2.24) is 9.88 Å². The minimum atomic E-state index is -0.753.